The van der Waals surface area contributed by atoms with Gasteiger partial charge in [0.25, 0.3) is 0 Å². The van der Waals surface area contributed by atoms with E-state index in [-0.39, 0.29) is 11.8 Å². The second-order valence-electron chi connectivity index (χ2n) is 14.0. The largest absolute Gasteiger partial charge is 0.455 e. The van der Waals surface area contributed by atoms with Gasteiger partial charge in [0.2, 0.25) is 11.3 Å². The summed E-state index contributed by atoms with van der Waals surface area (Å²) in [5.74, 6) is 1.15. The first kappa shape index (κ1) is 31.6. The minimum atomic E-state index is 0.216. The normalized spacial score (nSPS) is 11.8. The standard InChI is InChI=1S/C46H37N5O/c1-28(2)39-24-35(31-14-9-6-10-15-31)25-40(29(3)4)42(39)51-45(49-44-46(51)50-48-27-47-44)38-17-11-16-37-36-23-22-34(26-41(36)52-43(37)38)33-20-18-32(19-21-33)30-12-7-5-8-13-30/h5-29H,1-4H3. The maximum atomic E-state index is 6.80. The molecule has 0 amide bonds. The van der Waals surface area contributed by atoms with Gasteiger partial charge in [-0.1, -0.05) is 131 Å². The molecule has 0 fully saturated rings. The van der Waals surface area contributed by atoms with Crippen molar-refractivity contribution in [2.45, 2.75) is 39.5 Å². The Bertz CT molecular complexity index is 2700. The molecule has 0 bridgehead atoms. The summed E-state index contributed by atoms with van der Waals surface area (Å²) in [5, 5.41) is 11.0. The number of fused-ring (bicyclic) bond motifs is 4. The minimum absolute atomic E-state index is 0.216. The second kappa shape index (κ2) is 12.7. The van der Waals surface area contributed by atoms with Gasteiger partial charge in [-0.15, -0.1) is 10.2 Å². The van der Waals surface area contributed by atoms with Gasteiger partial charge in [-0.25, -0.2) is 9.97 Å². The van der Waals surface area contributed by atoms with E-state index < -0.39 is 0 Å². The van der Waals surface area contributed by atoms with Crippen LogP contribution < -0.4 is 0 Å². The molecule has 0 aliphatic heterocycles. The lowest BCUT2D eigenvalue weighted by molar-refractivity contribution is 0.669. The van der Waals surface area contributed by atoms with Crippen LogP contribution >= 0.6 is 0 Å². The molecule has 0 saturated heterocycles. The van der Waals surface area contributed by atoms with E-state index in [1.807, 2.05) is 6.07 Å². The maximum absolute atomic E-state index is 6.80. The first-order chi connectivity index (χ1) is 25.4. The molecule has 9 rings (SSSR count). The number of nitrogens with zero attached hydrogens (tertiary/aromatic N) is 5. The topological polar surface area (TPSA) is 69.6 Å². The Hall–Kier alpha value is -6.40. The third kappa shape index (κ3) is 5.35. The van der Waals surface area contributed by atoms with Crippen LogP contribution in [0.2, 0.25) is 0 Å². The number of benzene rings is 6. The van der Waals surface area contributed by atoms with Crippen molar-refractivity contribution in [1.82, 2.24) is 24.7 Å². The lowest BCUT2D eigenvalue weighted by Crippen LogP contribution is -2.10. The molecule has 6 heteroatoms. The van der Waals surface area contributed by atoms with Crippen molar-refractivity contribution >= 4 is 33.2 Å². The third-order valence-electron chi connectivity index (χ3n) is 10.0. The van der Waals surface area contributed by atoms with Crippen LogP contribution in [-0.2, 0) is 0 Å². The van der Waals surface area contributed by atoms with E-state index in [9.17, 15) is 0 Å². The Morgan fingerprint density at radius 2 is 1.15 bits per heavy atom. The highest BCUT2D eigenvalue weighted by Gasteiger charge is 2.26. The summed E-state index contributed by atoms with van der Waals surface area (Å²) in [4.78, 5) is 9.73. The highest BCUT2D eigenvalue weighted by molar-refractivity contribution is 6.10. The highest BCUT2D eigenvalue weighted by atomic mass is 16.3. The maximum Gasteiger partial charge on any atom is 0.206 e. The Kier molecular flexibility index (Phi) is 7.73. The third-order valence-corrected chi connectivity index (χ3v) is 10.0. The van der Waals surface area contributed by atoms with Gasteiger partial charge in [0.15, 0.2) is 5.82 Å². The molecule has 0 aliphatic carbocycles. The molecular weight excluding hydrogens is 639 g/mol. The predicted octanol–water partition coefficient (Wildman–Crippen LogP) is 12.0. The minimum Gasteiger partial charge on any atom is -0.455 e. The van der Waals surface area contributed by atoms with Crippen molar-refractivity contribution in [3.8, 4) is 50.5 Å². The smallest absolute Gasteiger partial charge is 0.206 e. The summed E-state index contributed by atoms with van der Waals surface area (Å²) in [6.07, 6.45) is 1.46. The van der Waals surface area contributed by atoms with Crippen molar-refractivity contribution in [3.05, 3.63) is 151 Å². The Morgan fingerprint density at radius 3 is 1.81 bits per heavy atom. The van der Waals surface area contributed by atoms with Crippen molar-refractivity contribution in [2.24, 2.45) is 0 Å². The fourth-order valence-electron chi connectivity index (χ4n) is 7.39. The second-order valence-corrected chi connectivity index (χ2v) is 14.0. The van der Waals surface area contributed by atoms with Crippen LogP contribution in [-0.4, -0.2) is 24.7 Å². The van der Waals surface area contributed by atoms with Gasteiger partial charge < -0.3 is 4.42 Å². The van der Waals surface area contributed by atoms with Gasteiger partial charge in [-0.05, 0) is 86.7 Å². The quantitative estimate of drug-likeness (QED) is 0.168. The lowest BCUT2D eigenvalue weighted by Gasteiger charge is -2.24. The van der Waals surface area contributed by atoms with E-state index in [1.165, 1.54) is 39.7 Å². The average molecular weight is 676 g/mol. The van der Waals surface area contributed by atoms with E-state index in [2.05, 4.69) is 175 Å². The summed E-state index contributed by atoms with van der Waals surface area (Å²) in [5.41, 5.74) is 14.1. The van der Waals surface area contributed by atoms with Crippen molar-refractivity contribution in [2.75, 3.05) is 0 Å². The van der Waals surface area contributed by atoms with Crippen LogP contribution in [0.15, 0.2) is 144 Å². The van der Waals surface area contributed by atoms with Crippen molar-refractivity contribution in [1.29, 1.82) is 0 Å². The Labute approximate surface area is 302 Å². The SMILES string of the molecule is CC(C)c1cc(-c2ccccc2)cc(C(C)C)c1-n1c(-c2cccc3c2oc2cc(-c4ccc(-c5ccccc5)cc4)ccc23)nc2ncnnc21. The molecule has 0 atom stereocenters. The van der Waals surface area contributed by atoms with E-state index in [0.29, 0.717) is 11.3 Å². The van der Waals surface area contributed by atoms with Gasteiger partial charge in [0.1, 0.15) is 17.5 Å². The van der Waals surface area contributed by atoms with Crippen LogP contribution in [0.3, 0.4) is 0 Å². The van der Waals surface area contributed by atoms with Gasteiger partial charge >= 0.3 is 0 Å². The summed E-state index contributed by atoms with van der Waals surface area (Å²) in [7, 11) is 0. The van der Waals surface area contributed by atoms with Gasteiger partial charge in [0.05, 0.1) is 11.3 Å². The molecule has 0 saturated carbocycles. The zero-order valence-corrected chi connectivity index (χ0v) is 29.6. The Morgan fingerprint density at radius 1 is 0.558 bits per heavy atom. The number of rotatable bonds is 7. The number of hydrogen-bond donors (Lipinski definition) is 0. The van der Waals surface area contributed by atoms with Crippen LogP contribution in [0.1, 0.15) is 50.7 Å². The van der Waals surface area contributed by atoms with Crippen LogP contribution in [0.5, 0.6) is 0 Å². The monoisotopic (exact) mass is 675 g/mol. The first-order valence-electron chi connectivity index (χ1n) is 17.9. The molecule has 9 aromatic rings. The van der Waals surface area contributed by atoms with E-state index in [0.717, 1.165) is 50.1 Å². The zero-order chi connectivity index (χ0) is 35.3. The fourth-order valence-corrected chi connectivity index (χ4v) is 7.39. The first-order valence-corrected chi connectivity index (χ1v) is 17.9. The van der Waals surface area contributed by atoms with Crippen molar-refractivity contribution < 1.29 is 4.42 Å². The molecule has 252 valence electrons. The Balaban J connectivity index is 1.23. The molecule has 0 spiro atoms. The summed E-state index contributed by atoms with van der Waals surface area (Å²) in [6.45, 7) is 8.97. The van der Waals surface area contributed by atoms with Gasteiger partial charge in [-0.2, -0.15) is 0 Å². The number of imidazole rings is 1. The highest BCUT2D eigenvalue weighted by Crippen LogP contribution is 2.42. The van der Waals surface area contributed by atoms with Gasteiger partial charge in [0, 0.05) is 10.8 Å². The van der Waals surface area contributed by atoms with Crippen LogP contribution in [0.4, 0.5) is 0 Å². The molecule has 3 heterocycles. The van der Waals surface area contributed by atoms with Gasteiger partial charge in [-0.3, -0.25) is 4.57 Å². The molecule has 3 aromatic heterocycles. The average Bonchev–Trinajstić information content (AvgIpc) is 3.76. The molecule has 52 heavy (non-hydrogen) atoms. The summed E-state index contributed by atoms with van der Waals surface area (Å²) >= 11 is 0. The van der Waals surface area contributed by atoms with Crippen LogP contribution in [0.25, 0.3) is 83.7 Å². The van der Waals surface area contributed by atoms with E-state index in [4.69, 9.17) is 9.40 Å². The number of furan rings is 1. The molecule has 0 unspecified atom stereocenters. The lowest BCUT2D eigenvalue weighted by atomic mass is 9.88. The van der Waals surface area contributed by atoms with Crippen molar-refractivity contribution in [3.63, 3.8) is 0 Å². The number of para-hydroxylation sites is 1. The molecule has 6 aromatic carbocycles. The molecule has 0 aliphatic rings. The number of aromatic nitrogens is 5. The molecule has 0 radical (unpaired) electrons. The summed E-state index contributed by atoms with van der Waals surface area (Å²) in [6, 6.07) is 47.1. The zero-order valence-electron chi connectivity index (χ0n) is 29.6. The van der Waals surface area contributed by atoms with Crippen LogP contribution in [0, 0.1) is 0 Å². The fraction of sp³-hybridized carbons (Fsp3) is 0.130. The molecular formula is C46H37N5O. The molecule has 0 N–H and O–H groups in total. The van der Waals surface area contributed by atoms with E-state index >= 15 is 0 Å². The number of hydrogen-bond acceptors (Lipinski definition) is 5. The predicted molar refractivity (Wildman–Crippen MR) is 212 cm³/mol. The molecule has 6 nitrogen and oxygen atoms in total. The van der Waals surface area contributed by atoms with E-state index in [1.54, 1.807) is 0 Å². The summed E-state index contributed by atoms with van der Waals surface area (Å²) < 4.78 is 8.97.